The van der Waals surface area contributed by atoms with Crippen molar-refractivity contribution in [2.24, 2.45) is 0 Å². The van der Waals surface area contributed by atoms with E-state index in [1.165, 1.54) is 17.7 Å². The van der Waals surface area contributed by atoms with E-state index >= 15 is 0 Å². The van der Waals surface area contributed by atoms with Crippen LogP contribution in [-0.4, -0.2) is 66.4 Å². The smallest absolute Gasteiger partial charge is 0.227 e. The van der Waals surface area contributed by atoms with Gasteiger partial charge in [-0.3, -0.25) is 4.90 Å². The number of aromatic nitrogens is 2. The first kappa shape index (κ1) is 14.5. The van der Waals surface area contributed by atoms with Gasteiger partial charge in [-0.2, -0.15) is 4.98 Å². The van der Waals surface area contributed by atoms with Crippen molar-refractivity contribution in [2.75, 3.05) is 50.6 Å². The highest BCUT2D eigenvalue weighted by Gasteiger charge is 2.27. The average Bonchev–Trinajstić information content (AvgIpc) is 2.97. The summed E-state index contributed by atoms with van der Waals surface area (Å²) in [6, 6.07) is 0.374. The van der Waals surface area contributed by atoms with Crippen LogP contribution in [0.3, 0.4) is 0 Å². The summed E-state index contributed by atoms with van der Waals surface area (Å²) >= 11 is 0. The molecule has 0 bridgehead atoms. The molecule has 1 aromatic rings. The lowest BCUT2D eigenvalue weighted by Crippen LogP contribution is -2.52. The number of fused-ring (bicyclic) bond motifs is 1. The molecule has 2 heterocycles. The van der Waals surface area contributed by atoms with Gasteiger partial charge in [0.05, 0.1) is 5.69 Å². The van der Waals surface area contributed by atoms with Crippen molar-refractivity contribution in [1.82, 2.24) is 14.9 Å². The molecule has 6 nitrogen and oxygen atoms in total. The van der Waals surface area contributed by atoms with Crippen LogP contribution in [0.2, 0.25) is 0 Å². The van der Waals surface area contributed by atoms with Gasteiger partial charge in [-0.15, -0.1) is 0 Å². The fourth-order valence-electron chi connectivity index (χ4n) is 3.36. The Labute approximate surface area is 126 Å². The van der Waals surface area contributed by atoms with Gasteiger partial charge < -0.3 is 15.3 Å². The maximum Gasteiger partial charge on any atom is 0.227 e. The number of piperazine rings is 1. The molecule has 1 aromatic heterocycles. The molecule has 3 rings (SSSR count). The summed E-state index contributed by atoms with van der Waals surface area (Å²) in [5.74, 6) is 1.83. The van der Waals surface area contributed by atoms with Crippen molar-refractivity contribution in [3.8, 4) is 0 Å². The standard InChI is InChI=1S/C15H25N5O/c1-16-14-12-4-3-5-13(12)17-15(18-14)20-8-7-19(2)11(10-20)6-9-21/h11,21H,3-10H2,1-2H3,(H,16,17,18)/t11-/m0/s1. The molecule has 0 aromatic carbocycles. The highest BCUT2D eigenvalue weighted by Crippen LogP contribution is 2.28. The van der Waals surface area contributed by atoms with Crippen molar-refractivity contribution < 1.29 is 5.11 Å². The van der Waals surface area contributed by atoms with E-state index < -0.39 is 0 Å². The van der Waals surface area contributed by atoms with Crippen LogP contribution >= 0.6 is 0 Å². The lowest BCUT2D eigenvalue weighted by Gasteiger charge is -2.39. The Kier molecular flexibility index (Phi) is 4.26. The molecule has 2 N–H and O–H groups in total. The molecule has 0 saturated carbocycles. The number of likely N-dealkylation sites (N-methyl/N-ethyl adjacent to an activating group) is 1. The second-order valence-electron chi connectivity index (χ2n) is 5.99. The summed E-state index contributed by atoms with van der Waals surface area (Å²) in [5.41, 5.74) is 2.50. The lowest BCUT2D eigenvalue weighted by molar-refractivity contribution is 0.170. The molecule has 1 fully saturated rings. The number of aliphatic hydroxyl groups is 1. The molecule has 2 aliphatic rings. The van der Waals surface area contributed by atoms with Crippen molar-refractivity contribution in [1.29, 1.82) is 0 Å². The Morgan fingerprint density at radius 1 is 1.29 bits per heavy atom. The Hall–Kier alpha value is -1.40. The van der Waals surface area contributed by atoms with Crippen molar-refractivity contribution in [2.45, 2.75) is 31.7 Å². The van der Waals surface area contributed by atoms with E-state index in [4.69, 9.17) is 9.97 Å². The minimum Gasteiger partial charge on any atom is -0.396 e. The van der Waals surface area contributed by atoms with E-state index in [0.29, 0.717) is 6.04 Å². The SMILES string of the molecule is CNc1nc(N2CCN(C)[C@@H](CCO)C2)nc2c1CCC2. The number of anilines is 2. The Bertz CT molecular complexity index is 507. The minimum absolute atomic E-state index is 0.232. The topological polar surface area (TPSA) is 64.5 Å². The summed E-state index contributed by atoms with van der Waals surface area (Å²) < 4.78 is 0. The highest BCUT2D eigenvalue weighted by molar-refractivity contribution is 5.53. The number of aliphatic hydroxyl groups excluding tert-OH is 1. The largest absolute Gasteiger partial charge is 0.396 e. The summed E-state index contributed by atoms with van der Waals surface area (Å²) in [7, 11) is 4.06. The first-order valence-corrected chi connectivity index (χ1v) is 7.86. The van der Waals surface area contributed by atoms with E-state index in [-0.39, 0.29) is 6.61 Å². The van der Waals surface area contributed by atoms with Gasteiger partial charge in [0.1, 0.15) is 5.82 Å². The van der Waals surface area contributed by atoms with Crippen LogP contribution < -0.4 is 10.2 Å². The van der Waals surface area contributed by atoms with Gasteiger partial charge in [0.15, 0.2) is 0 Å². The molecule has 0 radical (unpaired) electrons. The van der Waals surface area contributed by atoms with Crippen LogP contribution in [0.5, 0.6) is 0 Å². The third-order valence-electron chi connectivity index (χ3n) is 4.68. The monoisotopic (exact) mass is 291 g/mol. The molecular formula is C15H25N5O. The molecule has 0 unspecified atom stereocenters. The summed E-state index contributed by atoms with van der Waals surface area (Å²) in [6.45, 7) is 3.05. The fourth-order valence-corrected chi connectivity index (χ4v) is 3.36. The highest BCUT2D eigenvalue weighted by atomic mass is 16.3. The van der Waals surface area contributed by atoms with Gasteiger partial charge in [-0.1, -0.05) is 0 Å². The first-order valence-electron chi connectivity index (χ1n) is 7.86. The van der Waals surface area contributed by atoms with Gasteiger partial charge in [0.2, 0.25) is 5.95 Å². The van der Waals surface area contributed by atoms with Crippen LogP contribution in [0.4, 0.5) is 11.8 Å². The Balaban J connectivity index is 1.83. The van der Waals surface area contributed by atoms with Crippen LogP contribution in [0.1, 0.15) is 24.1 Å². The number of aryl methyl sites for hydroxylation is 1. The average molecular weight is 291 g/mol. The second kappa shape index (κ2) is 6.15. The van der Waals surface area contributed by atoms with Crippen LogP contribution in [0.25, 0.3) is 0 Å². The number of nitrogens with zero attached hydrogens (tertiary/aromatic N) is 4. The van der Waals surface area contributed by atoms with Crippen molar-refractivity contribution >= 4 is 11.8 Å². The van der Waals surface area contributed by atoms with Crippen LogP contribution in [0.15, 0.2) is 0 Å². The zero-order valence-corrected chi connectivity index (χ0v) is 13.0. The predicted molar refractivity (Wildman–Crippen MR) is 83.9 cm³/mol. The molecule has 6 heteroatoms. The number of rotatable bonds is 4. The van der Waals surface area contributed by atoms with Crippen molar-refractivity contribution in [3.63, 3.8) is 0 Å². The Morgan fingerprint density at radius 2 is 2.14 bits per heavy atom. The van der Waals surface area contributed by atoms with Gasteiger partial charge in [-0.25, -0.2) is 4.98 Å². The fraction of sp³-hybridized carbons (Fsp3) is 0.733. The first-order chi connectivity index (χ1) is 10.2. The zero-order chi connectivity index (χ0) is 14.8. The molecule has 1 atom stereocenters. The molecule has 0 spiro atoms. The summed E-state index contributed by atoms with van der Waals surface area (Å²) in [4.78, 5) is 14.1. The third kappa shape index (κ3) is 2.82. The Morgan fingerprint density at radius 3 is 2.90 bits per heavy atom. The molecule has 21 heavy (non-hydrogen) atoms. The number of hydrogen-bond acceptors (Lipinski definition) is 6. The lowest BCUT2D eigenvalue weighted by atomic mass is 10.1. The van der Waals surface area contributed by atoms with E-state index in [0.717, 1.165) is 50.7 Å². The van der Waals surface area contributed by atoms with Crippen LogP contribution in [-0.2, 0) is 12.8 Å². The molecule has 0 amide bonds. The zero-order valence-electron chi connectivity index (χ0n) is 13.0. The number of hydrogen-bond donors (Lipinski definition) is 2. The predicted octanol–water partition coefficient (Wildman–Crippen LogP) is 0.510. The molecule has 1 saturated heterocycles. The van der Waals surface area contributed by atoms with E-state index in [9.17, 15) is 5.11 Å². The minimum atomic E-state index is 0.232. The maximum absolute atomic E-state index is 9.22. The molecule has 1 aliphatic heterocycles. The van der Waals surface area contributed by atoms with E-state index in [1.807, 2.05) is 7.05 Å². The molecule has 116 valence electrons. The van der Waals surface area contributed by atoms with Gasteiger partial charge in [0.25, 0.3) is 0 Å². The van der Waals surface area contributed by atoms with Gasteiger partial charge in [-0.05, 0) is 32.7 Å². The van der Waals surface area contributed by atoms with E-state index in [2.05, 4.69) is 22.2 Å². The quantitative estimate of drug-likeness (QED) is 0.843. The summed E-state index contributed by atoms with van der Waals surface area (Å²) in [5, 5.41) is 12.4. The molecular weight excluding hydrogens is 266 g/mol. The maximum atomic E-state index is 9.22. The van der Waals surface area contributed by atoms with Gasteiger partial charge in [0, 0.05) is 44.9 Å². The second-order valence-corrected chi connectivity index (χ2v) is 5.99. The van der Waals surface area contributed by atoms with Gasteiger partial charge >= 0.3 is 0 Å². The van der Waals surface area contributed by atoms with Crippen molar-refractivity contribution in [3.05, 3.63) is 11.3 Å². The van der Waals surface area contributed by atoms with Crippen LogP contribution in [0, 0.1) is 0 Å². The normalized spacial score (nSPS) is 22.4. The number of nitrogens with one attached hydrogen (secondary N) is 1. The third-order valence-corrected chi connectivity index (χ3v) is 4.68. The molecule has 1 aliphatic carbocycles. The van der Waals surface area contributed by atoms with E-state index in [1.54, 1.807) is 0 Å². The summed E-state index contributed by atoms with van der Waals surface area (Å²) in [6.07, 6.45) is 4.13.